The zero-order chi connectivity index (χ0) is 23.4. The van der Waals surface area contributed by atoms with Gasteiger partial charge in [0.15, 0.2) is 5.25 Å². The Morgan fingerprint density at radius 1 is 1.15 bits per heavy atom. The molecule has 2 aliphatic rings. The van der Waals surface area contributed by atoms with Crippen molar-refractivity contribution in [3.63, 3.8) is 0 Å². The number of carbonyl (C=O) groups excluding carboxylic acids is 2. The first kappa shape index (κ1) is 23.6. The van der Waals surface area contributed by atoms with Gasteiger partial charge in [-0.05, 0) is 37.1 Å². The molecule has 2 aromatic carbocycles. The number of amides is 2. The second-order valence-corrected chi connectivity index (χ2v) is 10.9. The van der Waals surface area contributed by atoms with Crippen molar-refractivity contribution >= 4 is 39.3 Å². The fourth-order valence-electron chi connectivity index (χ4n) is 3.98. The van der Waals surface area contributed by atoms with E-state index in [4.69, 9.17) is 4.74 Å². The van der Waals surface area contributed by atoms with Crippen molar-refractivity contribution in [2.75, 3.05) is 25.5 Å². The molecule has 1 atom stereocenters. The highest BCUT2D eigenvalue weighted by atomic mass is 32.2. The van der Waals surface area contributed by atoms with Crippen molar-refractivity contribution in [3.05, 3.63) is 48.0 Å². The maximum absolute atomic E-state index is 13.0. The first-order valence-corrected chi connectivity index (χ1v) is 13.3. The minimum atomic E-state index is -3.83. The molecular weight excluding hydrogens is 462 g/mol. The number of benzene rings is 2. The summed E-state index contributed by atoms with van der Waals surface area (Å²) in [6, 6.07) is 11.7. The Hall–Kier alpha value is -2.56. The van der Waals surface area contributed by atoms with E-state index in [9.17, 15) is 18.0 Å². The predicted molar refractivity (Wildman–Crippen MR) is 127 cm³/mol. The number of rotatable bonds is 6. The van der Waals surface area contributed by atoms with E-state index in [-0.39, 0.29) is 17.3 Å². The lowest BCUT2D eigenvalue weighted by molar-refractivity contribution is -0.133. The van der Waals surface area contributed by atoms with E-state index in [0.29, 0.717) is 35.0 Å². The molecule has 0 unspecified atom stereocenters. The molecule has 0 bridgehead atoms. The molecule has 0 saturated carbocycles. The fourth-order valence-corrected chi connectivity index (χ4v) is 6.07. The van der Waals surface area contributed by atoms with Crippen molar-refractivity contribution < 1.29 is 22.7 Å². The number of nitrogens with one attached hydrogen (secondary N) is 2. The van der Waals surface area contributed by atoms with Gasteiger partial charge in [0, 0.05) is 30.1 Å². The number of hydrogen-bond acceptors (Lipinski definition) is 6. The Morgan fingerprint density at radius 3 is 2.61 bits per heavy atom. The van der Waals surface area contributed by atoms with Gasteiger partial charge in [0.05, 0.1) is 17.7 Å². The van der Waals surface area contributed by atoms with E-state index in [0.717, 1.165) is 25.7 Å². The molecule has 2 amide bonds. The molecule has 2 aromatic rings. The Labute approximate surface area is 198 Å². The Kier molecular flexibility index (Phi) is 7.26. The molecule has 10 heteroatoms. The minimum Gasteiger partial charge on any atom is -0.496 e. The Balaban J connectivity index is 1.48. The number of sulfonamides is 1. The maximum Gasteiger partial charge on any atom is 0.247 e. The van der Waals surface area contributed by atoms with Crippen LogP contribution in [0.15, 0.2) is 52.3 Å². The monoisotopic (exact) mass is 489 g/mol. The van der Waals surface area contributed by atoms with Crippen molar-refractivity contribution in [2.45, 2.75) is 47.3 Å². The van der Waals surface area contributed by atoms with Gasteiger partial charge in [-0.1, -0.05) is 31.0 Å². The minimum absolute atomic E-state index is 0.0364. The summed E-state index contributed by atoms with van der Waals surface area (Å²) >= 11 is 1.17. The number of carbonyl (C=O) groups is 2. The third-order valence-electron chi connectivity index (χ3n) is 5.79. The van der Waals surface area contributed by atoms with E-state index in [1.807, 2.05) is 6.07 Å². The summed E-state index contributed by atoms with van der Waals surface area (Å²) in [5.74, 6) is -0.00655. The number of ether oxygens (including phenoxy) is 1. The van der Waals surface area contributed by atoms with E-state index in [2.05, 4.69) is 10.0 Å². The van der Waals surface area contributed by atoms with Crippen LogP contribution < -0.4 is 14.8 Å². The summed E-state index contributed by atoms with van der Waals surface area (Å²) in [6.07, 6.45) is 4.09. The average molecular weight is 490 g/mol. The molecule has 176 valence electrons. The predicted octanol–water partition coefficient (Wildman–Crippen LogP) is 2.99. The van der Waals surface area contributed by atoms with Crippen LogP contribution in [0.2, 0.25) is 0 Å². The highest BCUT2D eigenvalue weighted by Crippen LogP contribution is 2.38. The third kappa shape index (κ3) is 5.34. The van der Waals surface area contributed by atoms with Crippen LogP contribution in [0.5, 0.6) is 5.75 Å². The van der Waals surface area contributed by atoms with E-state index < -0.39 is 21.2 Å². The van der Waals surface area contributed by atoms with E-state index in [1.54, 1.807) is 29.2 Å². The molecule has 1 fully saturated rings. The zero-order valence-corrected chi connectivity index (χ0v) is 20.0. The van der Waals surface area contributed by atoms with Gasteiger partial charge in [-0.15, -0.1) is 11.8 Å². The number of methoxy groups -OCH3 is 1. The lowest BCUT2D eigenvalue weighted by Crippen LogP contribution is -2.45. The van der Waals surface area contributed by atoms with Crippen LogP contribution in [-0.2, 0) is 26.2 Å². The normalized spacial score (nSPS) is 18.8. The van der Waals surface area contributed by atoms with Crippen LogP contribution in [0.4, 0.5) is 5.69 Å². The zero-order valence-electron chi connectivity index (χ0n) is 18.4. The van der Waals surface area contributed by atoms with Crippen molar-refractivity contribution in [1.82, 2.24) is 9.62 Å². The summed E-state index contributed by atoms with van der Waals surface area (Å²) in [5, 5.41) is 1.87. The summed E-state index contributed by atoms with van der Waals surface area (Å²) in [4.78, 5) is 28.1. The molecule has 8 nitrogen and oxygen atoms in total. The van der Waals surface area contributed by atoms with E-state index >= 15 is 0 Å². The molecule has 0 spiro atoms. The number of anilines is 1. The van der Waals surface area contributed by atoms with Crippen LogP contribution in [0.3, 0.4) is 0 Å². The van der Waals surface area contributed by atoms with Crippen molar-refractivity contribution in [2.24, 2.45) is 0 Å². The first-order chi connectivity index (χ1) is 15.9. The number of para-hydroxylation sites is 1. The maximum atomic E-state index is 13.0. The number of hydrogen-bond donors (Lipinski definition) is 2. The Bertz CT molecular complexity index is 1140. The number of fused-ring (bicyclic) bond motifs is 1. The van der Waals surface area contributed by atoms with Gasteiger partial charge >= 0.3 is 0 Å². The largest absolute Gasteiger partial charge is 0.496 e. The molecule has 4 rings (SSSR count). The van der Waals surface area contributed by atoms with Crippen molar-refractivity contribution in [1.29, 1.82) is 0 Å². The lowest BCUT2D eigenvalue weighted by Gasteiger charge is -2.28. The number of likely N-dealkylation sites (tertiary alicyclic amines) is 1. The second kappa shape index (κ2) is 10.1. The molecular formula is C23H27N3O5S2. The fraction of sp³-hybridized carbons (Fsp3) is 0.391. The van der Waals surface area contributed by atoms with Crippen LogP contribution in [0, 0.1) is 0 Å². The smallest absolute Gasteiger partial charge is 0.247 e. The van der Waals surface area contributed by atoms with Crippen LogP contribution in [0.25, 0.3) is 0 Å². The molecule has 1 saturated heterocycles. The Morgan fingerprint density at radius 2 is 1.88 bits per heavy atom. The molecule has 2 aliphatic heterocycles. The van der Waals surface area contributed by atoms with Crippen molar-refractivity contribution in [3.8, 4) is 5.75 Å². The van der Waals surface area contributed by atoms with Crippen LogP contribution in [-0.4, -0.2) is 50.6 Å². The highest BCUT2D eigenvalue weighted by molar-refractivity contribution is 8.01. The van der Waals surface area contributed by atoms with Gasteiger partial charge in [-0.3, -0.25) is 9.59 Å². The van der Waals surface area contributed by atoms with Gasteiger partial charge in [0.25, 0.3) is 0 Å². The van der Waals surface area contributed by atoms with Gasteiger partial charge < -0.3 is 15.0 Å². The molecule has 0 aliphatic carbocycles. The summed E-state index contributed by atoms with van der Waals surface area (Å²) < 4.78 is 33.5. The lowest BCUT2D eigenvalue weighted by atomic mass is 10.2. The third-order valence-corrected chi connectivity index (χ3v) is 8.45. The number of nitrogens with zero attached hydrogens (tertiary/aromatic N) is 1. The number of thioether (sulfide) groups is 1. The van der Waals surface area contributed by atoms with Crippen LogP contribution >= 0.6 is 11.8 Å². The first-order valence-electron chi connectivity index (χ1n) is 10.9. The molecule has 2 N–H and O–H groups in total. The summed E-state index contributed by atoms with van der Waals surface area (Å²) in [7, 11) is -2.30. The standard InChI is InChI=1S/C23H27N3O5S2/c1-31-19-9-5-4-8-16(19)15-24-33(29,30)17-10-11-20-18(14-17)25-22(27)21(32-20)23(28)26-12-6-2-3-7-13-26/h4-5,8-11,14,21,24H,2-3,6-7,12-13,15H2,1H3,(H,25,27)/t21-/m0/s1. The molecule has 0 aromatic heterocycles. The van der Waals surface area contributed by atoms with Gasteiger partial charge in [0.1, 0.15) is 5.75 Å². The average Bonchev–Trinajstić information content (AvgIpc) is 3.11. The summed E-state index contributed by atoms with van der Waals surface area (Å²) in [5.41, 5.74) is 1.10. The molecule has 33 heavy (non-hydrogen) atoms. The topological polar surface area (TPSA) is 105 Å². The summed E-state index contributed by atoms with van der Waals surface area (Å²) in [6.45, 7) is 1.41. The quantitative estimate of drug-likeness (QED) is 0.605. The molecule has 0 radical (unpaired) electrons. The SMILES string of the molecule is COc1ccccc1CNS(=O)(=O)c1ccc2c(c1)NC(=O)[C@@H](C(=O)N1CCCCCC1)S2. The second-order valence-electron chi connectivity index (χ2n) is 8.02. The van der Waals surface area contributed by atoms with E-state index in [1.165, 1.54) is 31.0 Å². The van der Waals surface area contributed by atoms with Crippen LogP contribution in [0.1, 0.15) is 31.2 Å². The highest BCUT2D eigenvalue weighted by Gasteiger charge is 2.36. The molecule has 2 heterocycles. The van der Waals surface area contributed by atoms with Gasteiger partial charge in [0.2, 0.25) is 21.8 Å². The van der Waals surface area contributed by atoms with Gasteiger partial charge in [-0.25, -0.2) is 13.1 Å². The van der Waals surface area contributed by atoms with Gasteiger partial charge in [-0.2, -0.15) is 0 Å².